The Labute approximate surface area is 161 Å². The topological polar surface area (TPSA) is 77.8 Å². The van der Waals surface area contributed by atoms with Crippen LogP contribution in [0.1, 0.15) is 21.5 Å². The van der Waals surface area contributed by atoms with E-state index in [0.717, 1.165) is 21.8 Å². The van der Waals surface area contributed by atoms with Gasteiger partial charge in [-0.05, 0) is 24.3 Å². The Hall–Kier alpha value is -4.22. The van der Waals surface area contributed by atoms with Crippen LogP contribution < -0.4 is 9.30 Å². The largest absolute Gasteiger partial charge is 0.423 e. The number of ether oxygens (including phenoxy) is 1. The number of rotatable bonds is 2. The summed E-state index contributed by atoms with van der Waals surface area (Å²) in [6, 6.07) is 23.6. The minimum atomic E-state index is -0.512. The second-order valence-corrected chi connectivity index (χ2v) is 6.29. The fourth-order valence-electron chi connectivity index (χ4n) is 3.38. The number of nitrogens with zero attached hydrogens (tertiary/aromatic N) is 3. The van der Waals surface area contributed by atoms with Crippen LogP contribution in [-0.2, 0) is 7.05 Å². The lowest BCUT2D eigenvalue weighted by molar-refractivity contribution is -0.617. The summed E-state index contributed by atoms with van der Waals surface area (Å²) in [7, 11) is 1.96. The van der Waals surface area contributed by atoms with E-state index in [-0.39, 0.29) is 16.9 Å². The first kappa shape index (κ1) is 17.2. The van der Waals surface area contributed by atoms with E-state index in [1.165, 1.54) is 18.2 Å². The van der Waals surface area contributed by atoms with Crippen molar-refractivity contribution in [2.24, 2.45) is 7.05 Å². The van der Waals surface area contributed by atoms with Crippen molar-refractivity contribution < 1.29 is 14.1 Å². The summed E-state index contributed by atoms with van der Waals surface area (Å²) < 4.78 is 7.63. The Bertz CT molecular complexity index is 1290. The predicted octanol–water partition coefficient (Wildman–Crippen LogP) is 3.78. The SMILES string of the molecule is C[n+]1c2ccccc2c(C(=O)Oc2ccc(C#N)c(C#N)c2)c2ccccc21. The smallest absolute Gasteiger partial charge is 0.345 e. The zero-order valence-electron chi connectivity index (χ0n) is 15.0. The zero-order valence-corrected chi connectivity index (χ0v) is 15.0. The van der Waals surface area contributed by atoms with Gasteiger partial charge in [-0.2, -0.15) is 15.1 Å². The van der Waals surface area contributed by atoms with Crippen LogP contribution in [0.3, 0.4) is 0 Å². The van der Waals surface area contributed by atoms with Gasteiger partial charge in [0, 0.05) is 18.2 Å². The van der Waals surface area contributed by atoms with Gasteiger partial charge in [0.05, 0.1) is 27.5 Å². The number of esters is 1. The molecule has 0 amide bonds. The summed E-state index contributed by atoms with van der Waals surface area (Å²) in [6.07, 6.45) is 0. The molecule has 0 unspecified atom stereocenters. The average molecular weight is 364 g/mol. The number of carbonyl (C=O) groups excluding carboxylic acids is 1. The lowest BCUT2D eigenvalue weighted by Crippen LogP contribution is -2.31. The second kappa shape index (κ2) is 6.83. The number of aryl methyl sites for hydroxylation is 1. The number of para-hydroxylation sites is 2. The van der Waals surface area contributed by atoms with Crippen molar-refractivity contribution in [3.05, 3.63) is 83.4 Å². The molecule has 0 N–H and O–H groups in total. The van der Waals surface area contributed by atoms with E-state index in [1.807, 2.05) is 72.3 Å². The summed E-state index contributed by atoms with van der Waals surface area (Å²) in [5.74, 6) is -0.288. The maximum atomic E-state index is 13.1. The number of pyridine rings is 1. The highest BCUT2D eigenvalue weighted by atomic mass is 16.5. The van der Waals surface area contributed by atoms with Gasteiger partial charge >= 0.3 is 5.97 Å². The Morgan fingerprint density at radius 2 is 1.43 bits per heavy atom. The Kier molecular flexibility index (Phi) is 4.20. The normalized spacial score (nSPS) is 10.4. The molecule has 0 aliphatic rings. The Balaban J connectivity index is 1.89. The molecule has 0 radical (unpaired) electrons. The molecule has 0 aliphatic heterocycles. The maximum Gasteiger partial charge on any atom is 0.345 e. The molecule has 0 saturated heterocycles. The fraction of sp³-hybridized carbons (Fsp3) is 0.0435. The molecule has 0 bridgehead atoms. The van der Waals surface area contributed by atoms with Crippen molar-refractivity contribution in [2.45, 2.75) is 0 Å². The number of hydrogen-bond acceptors (Lipinski definition) is 4. The van der Waals surface area contributed by atoms with Gasteiger partial charge in [0.25, 0.3) is 0 Å². The average Bonchev–Trinajstić information content (AvgIpc) is 2.74. The Morgan fingerprint density at radius 3 is 2.00 bits per heavy atom. The molecule has 0 aliphatic carbocycles. The van der Waals surface area contributed by atoms with E-state index in [4.69, 9.17) is 10.00 Å². The van der Waals surface area contributed by atoms with Crippen molar-refractivity contribution in [3.63, 3.8) is 0 Å². The van der Waals surface area contributed by atoms with Crippen LogP contribution in [0.5, 0.6) is 5.75 Å². The zero-order chi connectivity index (χ0) is 19.7. The highest BCUT2D eigenvalue weighted by molar-refractivity contribution is 6.13. The third-order valence-corrected chi connectivity index (χ3v) is 4.72. The van der Waals surface area contributed by atoms with Crippen LogP contribution in [-0.4, -0.2) is 5.97 Å². The molecule has 1 heterocycles. The monoisotopic (exact) mass is 364 g/mol. The molecule has 0 saturated carbocycles. The highest BCUT2D eigenvalue weighted by Gasteiger charge is 2.23. The predicted molar refractivity (Wildman–Crippen MR) is 103 cm³/mol. The molecule has 3 aromatic carbocycles. The molecule has 4 aromatic rings. The first-order valence-electron chi connectivity index (χ1n) is 8.60. The van der Waals surface area contributed by atoms with Gasteiger partial charge in [-0.15, -0.1) is 0 Å². The minimum absolute atomic E-state index is 0.168. The third-order valence-electron chi connectivity index (χ3n) is 4.72. The van der Waals surface area contributed by atoms with Crippen molar-refractivity contribution in [3.8, 4) is 17.9 Å². The van der Waals surface area contributed by atoms with E-state index in [9.17, 15) is 10.1 Å². The summed E-state index contributed by atoms with van der Waals surface area (Å²) >= 11 is 0. The van der Waals surface area contributed by atoms with Crippen LogP contribution in [0.25, 0.3) is 21.8 Å². The molecular weight excluding hydrogens is 350 g/mol. The van der Waals surface area contributed by atoms with E-state index in [2.05, 4.69) is 0 Å². The fourth-order valence-corrected chi connectivity index (χ4v) is 3.38. The molecular formula is C23H14N3O2+. The lowest BCUT2D eigenvalue weighted by atomic mass is 10.0. The molecule has 132 valence electrons. The number of nitriles is 2. The standard InChI is InChI=1S/C23H14N3O2/c1-26-20-8-4-2-6-18(20)22(19-7-3-5-9-21(19)26)23(27)28-17-11-10-15(13-24)16(12-17)14-25/h2-12H,1H3/q+1. The van der Waals surface area contributed by atoms with Gasteiger partial charge in [-0.3, -0.25) is 0 Å². The van der Waals surface area contributed by atoms with E-state index in [0.29, 0.717) is 5.56 Å². The minimum Gasteiger partial charge on any atom is -0.423 e. The van der Waals surface area contributed by atoms with Crippen LogP contribution in [0.4, 0.5) is 0 Å². The van der Waals surface area contributed by atoms with Gasteiger partial charge in [0.15, 0.2) is 0 Å². The van der Waals surface area contributed by atoms with Gasteiger partial charge < -0.3 is 4.74 Å². The lowest BCUT2D eigenvalue weighted by Gasteiger charge is -2.10. The summed E-state index contributed by atoms with van der Waals surface area (Å²) in [6.45, 7) is 0. The van der Waals surface area contributed by atoms with Crippen molar-refractivity contribution in [1.82, 2.24) is 0 Å². The highest BCUT2D eigenvalue weighted by Crippen LogP contribution is 2.26. The number of carbonyl (C=O) groups is 1. The van der Waals surface area contributed by atoms with Crippen LogP contribution in [0.2, 0.25) is 0 Å². The molecule has 5 nitrogen and oxygen atoms in total. The van der Waals surface area contributed by atoms with Gasteiger partial charge in [0.1, 0.15) is 24.9 Å². The van der Waals surface area contributed by atoms with Crippen LogP contribution in [0, 0.1) is 22.7 Å². The number of aromatic nitrogens is 1. The molecule has 28 heavy (non-hydrogen) atoms. The van der Waals surface area contributed by atoms with Crippen LogP contribution >= 0.6 is 0 Å². The maximum absolute atomic E-state index is 13.1. The van der Waals surface area contributed by atoms with Crippen molar-refractivity contribution in [2.75, 3.05) is 0 Å². The molecule has 5 heteroatoms. The first-order chi connectivity index (χ1) is 13.6. The third kappa shape index (κ3) is 2.72. The second-order valence-electron chi connectivity index (χ2n) is 6.29. The van der Waals surface area contributed by atoms with E-state index >= 15 is 0 Å². The first-order valence-corrected chi connectivity index (χ1v) is 8.60. The van der Waals surface area contributed by atoms with Gasteiger partial charge in [0.2, 0.25) is 11.0 Å². The quantitative estimate of drug-likeness (QED) is 0.235. The van der Waals surface area contributed by atoms with E-state index in [1.54, 1.807) is 0 Å². The van der Waals surface area contributed by atoms with Crippen LogP contribution in [0.15, 0.2) is 66.7 Å². The summed E-state index contributed by atoms with van der Waals surface area (Å²) in [5, 5.41) is 19.8. The van der Waals surface area contributed by atoms with E-state index < -0.39 is 5.97 Å². The molecule has 0 fully saturated rings. The number of hydrogen-bond donors (Lipinski definition) is 0. The molecule has 0 spiro atoms. The van der Waals surface area contributed by atoms with Crippen molar-refractivity contribution in [1.29, 1.82) is 10.5 Å². The summed E-state index contributed by atoms with van der Waals surface area (Å²) in [4.78, 5) is 13.1. The van der Waals surface area contributed by atoms with Crippen molar-refractivity contribution >= 4 is 27.8 Å². The molecule has 4 rings (SSSR count). The molecule has 1 aromatic heterocycles. The van der Waals surface area contributed by atoms with Gasteiger partial charge in [-0.1, -0.05) is 24.3 Å². The number of benzene rings is 3. The number of fused-ring (bicyclic) bond motifs is 2. The summed E-state index contributed by atoms with van der Waals surface area (Å²) in [5.41, 5.74) is 2.69. The molecule has 0 atom stereocenters. The van der Waals surface area contributed by atoms with Gasteiger partial charge in [-0.25, -0.2) is 4.79 Å². The Morgan fingerprint density at radius 1 is 0.857 bits per heavy atom.